The molecule has 0 radical (unpaired) electrons. The van der Waals surface area contributed by atoms with Gasteiger partial charge in [0.25, 0.3) is 5.91 Å². The molecule has 2 aromatic rings. The van der Waals surface area contributed by atoms with Gasteiger partial charge in [0, 0.05) is 18.3 Å². The number of anilines is 1. The molecule has 0 aliphatic carbocycles. The first-order valence-electron chi connectivity index (χ1n) is 5.75. The Morgan fingerprint density at radius 1 is 1.17 bits per heavy atom. The third-order valence-electron chi connectivity index (χ3n) is 2.48. The van der Waals surface area contributed by atoms with Gasteiger partial charge >= 0.3 is 0 Å². The second-order valence-corrected chi connectivity index (χ2v) is 3.90. The van der Waals surface area contributed by atoms with Gasteiger partial charge in [0.05, 0.1) is 0 Å². The number of pyridine rings is 1. The maximum absolute atomic E-state index is 11.9. The molecule has 0 unspecified atom stereocenters. The number of carbonyl (C=O) groups excluding carboxylic acids is 1. The zero-order valence-corrected chi connectivity index (χ0v) is 10.2. The topological polar surface area (TPSA) is 54.0 Å². The zero-order valence-electron chi connectivity index (χ0n) is 10.2. The fraction of sp³-hybridized carbons (Fsp3) is 0.143. The number of benzene rings is 1. The summed E-state index contributed by atoms with van der Waals surface area (Å²) in [6, 6.07) is 12.8. The summed E-state index contributed by atoms with van der Waals surface area (Å²) in [7, 11) is 1.88. The van der Waals surface area contributed by atoms with E-state index >= 15 is 0 Å². The minimum Gasteiger partial charge on any atom is -0.316 e. The van der Waals surface area contributed by atoms with Gasteiger partial charge in [0.1, 0.15) is 5.82 Å². The average molecular weight is 241 g/mol. The van der Waals surface area contributed by atoms with Gasteiger partial charge in [-0.3, -0.25) is 4.79 Å². The van der Waals surface area contributed by atoms with E-state index < -0.39 is 0 Å². The summed E-state index contributed by atoms with van der Waals surface area (Å²) in [5, 5.41) is 5.80. The Balaban J connectivity index is 2.03. The first kappa shape index (κ1) is 12.3. The van der Waals surface area contributed by atoms with Crippen LogP contribution in [0.1, 0.15) is 15.9 Å². The van der Waals surface area contributed by atoms with Crippen molar-refractivity contribution in [2.75, 3.05) is 12.4 Å². The van der Waals surface area contributed by atoms with Gasteiger partial charge in [0.15, 0.2) is 0 Å². The minimum atomic E-state index is -0.149. The molecule has 0 saturated heterocycles. The van der Waals surface area contributed by atoms with Crippen molar-refractivity contribution in [3.63, 3.8) is 0 Å². The molecule has 0 aliphatic rings. The average Bonchev–Trinajstić information content (AvgIpc) is 2.42. The molecule has 4 nitrogen and oxygen atoms in total. The number of hydrogen-bond donors (Lipinski definition) is 2. The summed E-state index contributed by atoms with van der Waals surface area (Å²) in [4.78, 5) is 16.1. The first-order valence-corrected chi connectivity index (χ1v) is 5.75. The molecule has 2 N–H and O–H groups in total. The Morgan fingerprint density at radius 2 is 1.94 bits per heavy atom. The van der Waals surface area contributed by atoms with Crippen LogP contribution in [0.25, 0.3) is 0 Å². The van der Waals surface area contributed by atoms with E-state index in [0.29, 0.717) is 11.4 Å². The number of aromatic nitrogens is 1. The molecule has 1 amide bonds. The monoisotopic (exact) mass is 241 g/mol. The normalized spacial score (nSPS) is 10.1. The van der Waals surface area contributed by atoms with Crippen molar-refractivity contribution < 1.29 is 4.79 Å². The van der Waals surface area contributed by atoms with Gasteiger partial charge in [-0.1, -0.05) is 24.3 Å². The standard InChI is InChI=1S/C14H15N3O/c1-15-9-11-7-8-13(16-10-11)17-14(18)12-5-3-2-4-6-12/h2-8,10,15H,9H2,1H3,(H,16,17,18). The molecule has 1 aromatic carbocycles. The Kier molecular flexibility index (Phi) is 4.04. The summed E-state index contributed by atoms with van der Waals surface area (Å²) in [5.41, 5.74) is 1.70. The minimum absolute atomic E-state index is 0.149. The van der Waals surface area contributed by atoms with E-state index in [9.17, 15) is 4.79 Å². The predicted molar refractivity (Wildman–Crippen MR) is 71.4 cm³/mol. The van der Waals surface area contributed by atoms with E-state index in [-0.39, 0.29) is 5.91 Å². The molecule has 18 heavy (non-hydrogen) atoms. The predicted octanol–water partition coefficient (Wildman–Crippen LogP) is 2.05. The molecule has 1 aromatic heterocycles. The first-order chi connectivity index (χ1) is 8.79. The molecule has 0 fully saturated rings. The molecule has 0 aliphatic heterocycles. The zero-order chi connectivity index (χ0) is 12.8. The van der Waals surface area contributed by atoms with Gasteiger partial charge in [-0.2, -0.15) is 0 Å². The molecule has 0 bridgehead atoms. The van der Waals surface area contributed by atoms with Crippen molar-refractivity contribution in [3.05, 3.63) is 59.8 Å². The highest BCUT2D eigenvalue weighted by Crippen LogP contribution is 2.07. The highest BCUT2D eigenvalue weighted by Gasteiger charge is 2.05. The molecule has 92 valence electrons. The number of amides is 1. The summed E-state index contributed by atoms with van der Waals surface area (Å²) >= 11 is 0. The lowest BCUT2D eigenvalue weighted by atomic mass is 10.2. The van der Waals surface area contributed by atoms with E-state index in [1.54, 1.807) is 24.4 Å². The quantitative estimate of drug-likeness (QED) is 0.861. The van der Waals surface area contributed by atoms with Crippen molar-refractivity contribution in [3.8, 4) is 0 Å². The van der Waals surface area contributed by atoms with Crippen LogP contribution in [0.3, 0.4) is 0 Å². The Morgan fingerprint density at radius 3 is 2.56 bits per heavy atom. The van der Waals surface area contributed by atoms with Gasteiger partial charge in [-0.15, -0.1) is 0 Å². The van der Waals surface area contributed by atoms with E-state index in [0.717, 1.165) is 12.1 Å². The maximum Gasteiger partial charge on any atom is 0.256 e. The van der Waals surface area contributed by atoms with Crippen LogP contribution in [0.2, 0.25) is 0 Å². The Labute approximate surface area is 106 Å². The number of nitrogens with one attached hydrogen (secondary N) is 2. The summed E-state index contributed by atoms with van der Waals surface area (Å²) in [6.07, 6.45) is 1.75. The van der Waals surface area contributed by atoms with Crippen molar-refractivity contribution in [2.45, 2.75) is 6.54 Å². The highest BCUT2D eigenvalue weighted by molar-refractivity contribution is 6.03. The van der Waals surface area contributed by atoms with Crippen LogP contribution in [0.4, 0.5) is 5.82 Å². The van der Waals surface area contributed by atoms with E-state index in [1.807, 2.05) is 31.3 Å². The molecular weight excluding hydrogens is 226 g/mol. The van der Waals surface area contributed by atoms with Gasteiger partial charge in [-0.25, -0.2) is 4.98 Å². The fourth-order valence-corrected chi connectivity index (χ4v) is 1.59. The van der Waals surface area contributed by atoms with Gasteiger partial charge in [0.2, 0.25) is 0 Å². The van der Waals surface area contributed by atoms with E-state index in [4.69, 9.17) is 0 Å². The lowest BCUT2D eigenvalue weighted by molar-refractivity contribution is 0.102. The second-order valence-electron chi connectivity index (χ2n) is 3.90. The SMILES string of the molecule is CNCc1ccc(NC(=O)c2ccccc2)nc1. The van der Waals surface area contributed by atoms with Crippen LogP contribution in [0, 0.1) is 0 Å². The third kappa shape index (κ3) is 3.15. The number of carbonyl (C=O) groups is 1. The summed E-state index contributed by atoms with van der Waals surface area (Å²) in [6.45, 7) is 0.764. The van der Waals surface area contributed by atoms with Crippen molar-refractivity contribution in [1.82, 2.24) is 10.3 Å². The number of hydrogen-bond acceptors (Lipinski definition) is 3. The van der Waals surface area contributed by atoms with Crippen LogP contribution in [0.15, 0.2) is 48.7 Å². The Bertz CT molecular complexity index is 508. The highest BCUT2D eigenvalue weighted by atomic mass is 16.1. The summed E-state index contributed by atoms with van der Waals surface area (Å²) in [5.74, 6) is 0.410. The molecule has 4 heteroatoms. The molecule has 0 atom stereocenters. The van der Waals surface area contributed by atoms with Crippen LogP contribution in [-0.4, -0.2) is 17.9 Å². The third-order valence-corrected chi connectivity index (χ3v) is 2.48. The summed E-state index contributed by atoms with van der Waals surface area (Å²) < 4.78 is 0. The lowest BCUT2D eigenvalue weighted by Crippen LogP contribution is -2.13. The number of rotatable bonds is 4. The molecular formula is C14H15N3O. The molecule has 0 saturated carbocycles. The van der Waals surface area contributed by atoms with Crippen molar-refractivity contribution in [1.29, 1.82) is 0 Å². The largest absolute Gasteiger partial charge is 0.316 e. The lowest BCUT2D eigenvalue weighted by Gasteiger charge is -2.05. The van der Waals surface area contributed by atoms with Crippen LogP contribution >= 0.6 is 0 Å². The van der Waals surface area contributed by atoms with Gasteiger partial charge < -0.3 is 10.6 Å². The van der Waals surface area contributed by atoms with Crippen molar-refractivity contribution in [2.24, 2.45) is 0 Å². The Hall–Kier alpha value is -2.20. The van der Waals surface area contributed by atoms with Gasteiger partial charge in [-0.05, 0) is 30.8 Å². The maximum atomic E-state index is 11.9. The van der Waals surface area contributed by atoms with Crippen LogP contribution in [-0.2, 0) is 6.54 Å². The molecule has 1 heterocycles. The molecule has 0 spiro atoms. The van der Waals surface area contributed by atoms with E-state index in [1.165, 1.54) is 0 Å². The second kappa shape index (κ2) is 5.93. The smallest absolute Gasteiger partial charge is 0.256 e. The van der Waals surface area contributed by atoms with E-state index in [2.05, 4.69) is 15.6 Å². The van der Waals surface area contributed by atoms with Crippen LogP contribution in [0.5, 0.6) is 0 Å². The van der Waals surface area contributed by atoms with Crippen LogP contribution < -0.4 is 10.6 Å². The number of nitrogens with zero attached hydrogens (tertiary/aromatic N) is 1. The fourth-order valence-electron chi connectivity index (χ4n) is 1.59. The molecule has 2 rings (SSSR count). The van der Waals surface area contributed by atoms with Crippen molar-refractivity contribution >= 4 is 11.7 Å².